The maximum Gasteiger partial charge on any atom is 0.300 e. The fraction of sp³-hybridized carbons (Fsp3) is 0.290. The number of para-hydroxylation sites is 1. The molecular weight excluding hydrogens is 466 g/mol. The maximum absolute atomic E-state index is 13.5. The van der Waals surface area contributed by atoms with Crippen LogP contribution in [-0.4, -0.2) is 31.0 Å². The summed E-state index contributed by atoms with van der Waals surface area (Å²) in [4.78, 5) is 28.5. The van der Waals surface area contributed by atoms with Gasteiger partial charge in [0, 0.05) is 22.4 Å². The number of carbonyl (C=O) groups is 2. The minimum Gasteiger partial charge on any atom is -0.507 e. The van der Waals surface area contributed by atoms with Crippen molar-refractivity contribution in [3.63, 3.8) is 0 Å². The molecule has 1 atom stereocenters. The summed E-state index contributed by atoms with van der Waals surface area (Å²) in [6.45, 7) is 8.18. The summed E-state index contributed by atoms with van der Waals surface area (Å²) in [6, 6.07) is 19.2. The number of aryl methyl sites for hydroxylation is 1. The minimum absolute atomic E-state index is 0.0131. The Bertz CT molecular complexity index is 1370. The van der Waals surface area contributed by atoms with Crippen LogP contribution < -0.4 is 14.4 Å². The molecule has 0 aliphatic carbocycles. The number of hydrogen-bond donors (Lipinski definition) is 1. The standard InChI is InChI=1S/C31H33NO5/c1-7-19-12-15-21(16-13-19)32-27(22-10-8-9-11-24(22)36-5)26(29(34)30(32)35)28(33)20-14-17-25(37-6)23(18-20)31(2,3)4/h8-18,27,33H,7H2,1-6H3/b28-26+. The molecule has 6 nitrogen and oxygen atoms in total. The van der Waals surface area contributed by atoms with Crippen LogP contribution in [0, 0.1) is 0 Å². The molecule has 1 fully saturated rings. The Labute approximate surface area is 218 Å². The molecule has 1 unspecified atom stereocenters. The van der Waals surface area contributed by atoms with E-state index < -0.39 is 17.7 Å². The average molecular weight is 500 g/mol. The molecule has 1 aliphatic heterocycles. The monoisotopic (exact) mass is 499 g/mol. The fourth-order valence-corrected chi connectivity index (χ4v) is 4.77. The molecule has 3 aromatic carbocycles. The third-order valence-corrected chi connectivity index (χ3v) is 6.78. The molecule has 0 spiro atoms. The first-order chi connectivity index (χ1) is 17.6. The Morgan fingerprint density at radius 2 is 1.57 bits per heavy atom. The van der Waals surface area contributed by atoms with Crippen LogP contribution >= 0.6 is 0 Å². The summed E-state index contributed by atoms with van der Waals surface area (Å²) >= 11 is 0. The van der Waals surface area contributed by atoms with E-state index in [0.717, 1.165) is 17.5 Å². The van der Waals surface area contributed by atoms with Crippen molar-refractivity contribution in [3.05, 3.63) is 94.6 Å². The lowest BCUT2D eigenvalue weighted by Gasteiger charge is -2.27. The maximum atomic E-state index is 13.5. The van der Waals surface area contributed by atoms with E-state index in [0.29, 0.717) is 28.3 Å². The lowest BCUT2D eigenvalue weighted by atomic mass is 9.84. The molecule has 0 bridgehead atoms. The Balaban J connectivity index is 1.98. The van der Waals surface area contributed by atoms with Gasteiger partial charge in [-0.15, -0.1) is 0 Å². The second kappa shape index (κ2) is 10.1. The summed E-state index contributed by atoms with van der Waals surface area (Å²) in [5.41, 5.74) is 3.33. The first-order valence-electron chi connectivity index (χ1n) is 12.3. The van der Waals surface area contributed by atoms with Crippen LogP contribution in [0.2, 0.25) is 0 Å². The van der Waals surface area contributed by atoms with Crippen LogP contribution in [0.5, 0.6) is 11.5 Å². The molecule has 1 aliphatic rings. The van der Waals surface area contributed by atoms with E-state index in [1.807, 2.05) is 69.3 Å². The molecule has 37 heavy (non-hydrogen) atoms. The van der Waals surface area contributed by atoms with Crippen molar-refractivity contribution < 1.29 is 24.2 Å². The molecular formula is C31H33NO5. The number of benzene rings is 3. The van der Waals surface area contributed by atoms with E-state index in [-0.39, 0.29) is 16.7 Å². The SMILES string of the molecule is CCc1ccc(N2C(=O)C(=O)/C(=C(/O)c3ccc(OC)c(C(C)(C)C)c3)C2c2ccccc2OC)cc1. The number of carbonyl (C=O) groups excluding carboxylic acids is 2. The molecule has 4 rings (SSSR count). The normalized spacial score (nSPS) is 17.2. The highest BCUT2D eigenvalue weighted by Crippen LogP contribution is 2.45. The lowest BCUT2D eigenvalue weighted by molar-refractivity contribution is -0.132. The highest BCUT2D eigenvalue weighted by molar-refractivity contribution is 6.51. The lowest BCUT2D eigenvalue weighted by Crippen LogP contribution is -2.29. The Hall–Kier alpha value is -4.06. The first kappa shape index (κ1) is 26.0. The second-order valence-electron chi connectivity index (χ2n) is 10.1. The van der Waals surface area contributed by atoms with Gasteiger partial charge in [-0.25, -0.2) is 0 Å². The summed E-state index contributed by atoms with van der Waals surface area (Å²) in [7, 11) is 3.14. The molecule has 0 aromatic heterocycles. The van der Waals surface area contributed by atoms with Gasteiger partial charge >= 0.3 is 0 Å². The molecule has 1 saturated heterocycles. The van der Waals surface area contributed by atoms with Crippen molar-refractivity contribution in [2.45, 2.75) is 45.6 Å². The van der Waals surface area contributed by atoms with Crippen molar-refractivity contribution in [2.24, 2.45) is 0 Å². The number of ether oxygens (including phenoxy) is 2. The van der Waals surface area contributed by atoms with Gasteiger partial charge in [-0.05, 0) is 53.8 Å². The predicted molar refractivity (Wildman–Crippen MR) is 145 cm³/mol. The van der Waals surface area contributed by atoms with Crippen LogP contribution in [0.25, 0.3) is 5.76 Å². The third-order valence-electron chi connectivity index (χ3n) is 6.78. The number of hydrogen-bond acceptors (Lipinski definition) is 5. The largest absolute Gasteiger partial charge is 0.507 e. The smallest absolute Gasteiger partial charge is 0.300 e. The van der Waals surface area contributed by atoms with Gasteiger partial charge in [0.2, 0.25) is 0 Å². The topological polar surface area (TPSA) is 76.1 Å². The van der Waals surface area contributed by atoms with Gasteiger partial charge in [0.05, 0.1) is 25.8 Å². The third kappa shape index (κ3) is 4.71. The Morgan fingerprint density at radius 1 is 0.919 bits per heavy atom. The van der Waals surface area contributed by atoms with Crippen molar-refractivity contribution in [2.75, 3.05) is 19.1 Å². The van der Waals surface area contributed by atoms with Gasteiger partial charge in [0.15, 0.2) is 0 Å². The quantitative estimate of drug-likeness (QED) is 0.249. The molecule has 1 heterocycles. The number of anilines is 1. The number of ketones is 1. The van der Waals surface area contributed by atoms with Crippen molar-refractivity contribution >= 4 is 23.1 Å². The van der Waals surface area contributed by atoms with E-state index in [2.05, 4.69) is 6.92 Å². The van der Waals surface area contributed by atoms with E-state index in [1.165, 1.54) is 4.90 Å². The number of nitrogens with zero attached hydrogens (tertiary/aromatic N) is 1. The van der Waals surface area contributed by atoms with Gasteiger partial charge in [-0.3, -0.25) is 14.5 Å². The number of aliphatic hydroxyl groups is 1. The number of aliphatic hydroxyl groups excluding tert-OH is 1. The minimum atomic E-state index is -0.871. The molecule has 192 valence electrons. The van der Waals surface area contributed by atoms with E-state index in [1.54, 1.807) is 32.4 Å². The van der Waals surface area contributed by atoms with Crippen molar-refractivity contribution in [1.82, 2.24) is 0 Å². The highest BCUT2D eigenvalue weighted by Gasteiger charge is 2.48. The molecule has 1 N–H and O–H groups in total. The predicted octanol–water partition coefficient (Wildman–Crippen LogP) is 6.19. The number of rotatable bonds is 6. The van der Waals surface area contributed by atoms with Gasteiger partial charge in [-0.2, -0.15) is 0 Å². The van der Waals surface area contributed by atoms with Gasteiger partial charge in [-0.1, -0.05) is 58.0 Å². The Morgan fingerprint density at radius 3 is 2.16 bits per heavy atom. The molecule has 3 aromatic rings. The summed E-state index contributed by atoms with van der Waals surface area (Å²) < 4.78 is 11.1. The first-order valence-corrected chi connectivity index (χ1v) is 12.3. The number of amides is 1. The van der Waals surface area contributed by atoms with Gasteiger partial charge in [0.25, 0.3) is 11.7 Å². The Kier molecular flexibility index (Phi) is 7.12. The molecule has 0 radical (unpaired) electrons. The fourth-order valence-electron chi connectivity index (χ4n) is 4.77. The van der Waals surface area contributed by atoms with Gasteiger partial charge < -0.3 is 14.6 Å². The summed E-state index contributed by atoms with van der Waals surface area (Å²) in [5.74, 6) is -0.496. The van der Waals surface area contributed by atoms with Gasteiger partial charge in [0.1, 0.15) is 17.3 Å². The van der Waals surface area contributed by atoms with Crippen LogP contribution in [-0.2, 0) is 21.4 Å². The number of Topliss-reactive ketones (excluding diaryl/α,β-unsaturated/α-hetero) is 1. The second-order valence-corrected chi connectivity index (χ2v) is 10.1. The summed E-state index contributed by atoms with van der Waals surface area (Å²) in [5, 5.41) is 11.6. The van der Waals surface area contributed by atoms with E-state index in [4.69, 9.17) is 9.47 Å². The van der Waals surface area contributed by atoms with Crippen LogP contribution in [0.1, 0.15) is 56.0 Å². The zero-order valence-corrected chi connectivity index (χ0v) is 22.2. The zero-order valence-electron chi connectivity index (χ0n) is 22.2. The highest BCUT2D eigenvalue weighted by atomic mass is 16.5. The van der Waals surface area contributed by atoms with Crippen molar-refractivity contribution in [3.8, 4) is 11.5 Å². The van der Waals surface area contributed by atoms with E-state index in [9.17, 15) is 14.7 Å². The summed E-state index contributed by atoms with van der Waals surface area (Å²) in [6.07, 6.45) is 0.850. The number of methoxy groups -OCH3 is 2. The molecule has 6 heteroatoms. The zero-order chi connectivity index (χ0) is 26.9. The van der Waals surface area contributed by atoms with Crippen LogP contribution in [0.4, 0.5) is 5.69 Å². The van der Waals surface area contributed by atoms with Crippen LogP contribution in [0.15, 0.2) is 72.3 Å². The molecule has 1 amide bonds. The van der Waals surface area contributed by atoms with E-state index >= 15 is 0 Å². The average Bonchev–Trinajstić information content (AvgIpc) is 3.17. The van der Waals surface area contributed by atoms with Crippen LogP contribution in [0.3, 0.4) is 0 Å². The van der Waals surface area contributed by atoms with Crippen molar-refractivity contribution in [1.29, 1.82) is 0 Å². The molecule has 0 saturated carbocycles.